The summed E-state index contributed by atoms with van der Waals surface area (Å²) in [5.74, 6) is 0.106. The van der Waals surface area contributed by atoms with Crippen LogP contribution < -0.4 is 4.90 Å². The molecule has 5 nitrogen and oxygen atoms in total. The standard InChI is InChI=1S/C12H14ClN3O2S2/c1-16(2)12-14-11(15-19-12)8-20(17,18)7-9-4-3-5-10(13)6-9/h3-6H,7-8H2,1-2H3. The zero-order chi connectivity index (χ0) is 14.8. The van der Waals surface area contributed by atoms with Crippen molar-refractivity contribution in [1.82, 2.24) is 9.36 Å². The molecule has 0 aliphatic heterocycles. The first-order valence-corrected chi connectivity index (χ1v) is 8.78. The van der Waals surface area contributed by atoms with Gasteiger partial charge in [0.1, 0.15) is 5.75 Å². The second-order valence-corrected chi connectivity index (χ2v) is 7.78. The monoisotopic (exact) mass is 331 g/mol. The van der Waals surface area contributed by atoms with Gasteiger partial charge in [-0.3, -0.25) is 0 Å². The summed E-state index contributed by atoms with van der Waals surface area (Å²) >= 11 is 7.04. The number of halogens is 1. The first kappa shape index (κ1) is 15.2. The number of benzene rings is 1. The fourth-order valence-corrected chi connectivity index (χ4v) is 3.82. The molecule has 1 aromatic heterocycles. The van der Waals surface area contributed by atoms with Gasteiger partial charge in [-0.2, -0.15) is 4.37 Å². The van der Waals surface area contributed by atoms with E-state index in [-0.39, 0.29) is 11.5 Å². The fraction of sp³-hybridized carbons (Fsp3) is 0.333. The molecule has 20 heavy (non-hydrogen) atoms. The van der Waals surface area contributed by atoms with E-state index in [1.165, 1.54) is 11.5 Å². The van der Waals surface area contributed by atoms with Crippen molar-refractivity contribution in [1.29, 1.82) is 0 Å². The summed E-state index contributed by atoms with van der Waals surface area (Å²) in [4.78, 5) is 5.98. The number of anilines is 1. The van der Waals surface area contributed by atoms with Gasteiger partial charge in [0.2, 0.25) is 5.13 Å². The molecule has 0 unspecified atom stereocenters. The Balaban J connectivity index is 2.10. The third-order valence-corrected chi connectivity index (χ3v) is 5.09. The Labute approximate surface area is 127 Å². The summed E-state index contributed by atoms with van der Waals surface area (Å²) in [6.45, 7) is 0. The number of hydrogen-bond acceptors (Lipinski definition) is 6. The molecule has 2 aromatic rings. The second kappa shape index (κ2) is 6.07. The molecule has 0 bridgehead atoms. The van der Waals surface area contributed by atoms with E-state index >= 15 is 0 Å². The Kier molecular flexibility index (Phi) is 4.62. The molecule has 0 radical (unpaired) electrons. The highest BCUT2D eigenvalue weighted by Gasteiger charge is 2.17. The molecule has 0 atom stereocenters. The van der Waals surface area contributed by atoms with Crippen LogP contribution in [0.15, 0.2) is 24.3 Å². The van der Waals surface area contributed by atoms with Crippen molar-refractivity contribution in [2.75, 3.05) is 19.0 Å². The smallest absolute Gasteiger partial charge is 0.204 e. The Morgan fingerprint density at radius 1 is 1.30 bits per heavy atom. The largest absolute Gasteiger partial charge is 0.353 e. The third kappa shape index (κ3) is 4.16. The van der Waals surface area contributed by atoms with Crippen LogP contribution in [-0.2, 0) is 21.3 Å². The topological polar surface area (TPSA) is 63.2 Å². The lowest BCUT2D eigenvalue weighted by atomic mass is 10.2. The van der Waals surface area contributed by atoms with Crippen molar-refractivity contribution >= 4 is 38.1 Å². The molecule has 108 valence electrons. The maximum atomic E-state index is 12.1. The van der Waals surface area contributed by atoms with Crippen molar-refractivity contribution in [3.8, 4) is 0 Å². The van der Waals surface area contributed by atoms with Crippen molar-refractivity contribution in [3.63, 3.8) is 0 Å². The van der Waals surface area contributed by atoms with Crippen molar-refractivity contribution in [2.24, 2.45) is 0 Å². The molecule has 1 heterocycles. The Morgan fingerprint density at radius 3 is 2.65 bits per heavy atom. The van der Waals surface area contributed by atoms with Gasteiger partial charge in [0, 0.05) is 30.7 Å². The first-order valence-electron chi connectivity index (χ1n) is 5.80. The molecule has 1 aromatic carbocycles. The average Bonchev–Trinajstić information content (AvgIpc) is 2.75. The van der Waals surface area contributed by atoms with Crippen LogP contribution >= 0.6 is 23.1 Å². The summed E-state index contributed by atoms with van der Waals surface area (Å²) in [5.41, 5.74) is 0.667. The van der Waals surface area contributed by atoms with Crippen LogP contribution in [0.5, 0.6) is 0 Å². The van der Waals surface area contributed by atoms with E-state index in [2.05, 4.69) is 9.36 Å². The summed E-state index contributed by atoms with van der Waals surface area (Å²) in [5, 5.41) is 1.22. The second-order valence-electron chi connectivity index (χ2n) is 4.55. The molecular formula is C12H14ClN3O2S2. The Hall–Kier alpha value is -1.18. The van der Waals surface area contributed by atoms with Crippen LogP contribution in [-0.4, -0.2) is 31.9 Å². The molecule has 8 heteroatoms. The Bertz CT molecular complexity index is 698. The normalized spacial score (nSPS) is 11.6. The molecule has 0 aliphatic carbocycles. The number of hydrogen-bond donors (Lipinski definition) is 0. The van der Waals surface area contributed by atoms with Gasteiger partial charge in [-0.25, -0.2) is 13.4 Å². The molecule has 0 aliphatic rings. The summed E-state index contributed by atoms with van der Waals surface area (Å²) < 4.78 is 28.3. The van der Waals surface area contributed by atoms with E-state index in [1.54, 1.807) is 29.2 Å². The van der Waals surface area contributed by atoms with Crippen LogP contribution in [0.1, 0.15) is 11.4 Å². The summed E-state index contributed by atoms with van der Waals surface area (Å²) in [6, 6.07) is 6.84. The maximum absolute atomic E-state index is 12.1. The van der Waals surface area contributed by atoms with Gasteiger partial charge in [0.25, 0.3) is 0 Å². The maximum Gasteiger partial charge on any atom is 0.204 e. The van der Waals surface area contributed by atoms with Crippen molar-refractivity contribution in [2.45, 2.75) is 11.5 Å². The summed E-state index contributed by atoms with van der Waals surface area (Å²) in [6.07, 6.45) is 0. The predicted octanol–water partition coefficient (Wildman–Crippen LogP) is 2.37. The van der Waals surface area contributed by atoms with Gasteiger partial charge < -0.3 is 4.90 Å². The summed E-state index contributed by atoms with van der Waals surface area (Å²) in [7, 11) is 0.364. The van der Waals surface area contributed by atoms with Crippen LogP contribution in [0.3, 0.4) is 0 Å². The molecule has 2 rings (SSSR count). The van der Waals surface area contributed by atoms with Gasteiger partial charge in [0.05, 0.1) is 5.75 Å². The van der Waals surface area contributed by atoms with Crippen LogP contribution in [0.2, 0.25) is 5.02 Å². The van der Waals surface area contributed by atoms with E-state index in [4.69, 9.17) is 11.6 Å². The number of nitrogens with zero attached hydrogens (tertiary/aromatic N) is 3. The Morgan fingerprint density at radius 2 is 2.05 bits per heavy atom. The minimum Gasteiger partial charge on any atom is -0.353 e. The quantitative estimate of drug-likeness (QED) is 0.841. The van der Waals surface area contributed by atoms with Gasteiger partial charge >= 0.3 is 0 Å². The molecule has 0 fully saturated rings. The highest BCUT2D eigenvalue weighted by molar-refractivity contribution is 7.89. The lowest BCUT2D eigenvalue weighted by molar-refractivity contribution is 0.593. The average molecular weight is 332 g/mol. The highest BCUT2D eigenvalue weighted by Crippen LogP contribution is 2.18. The number of sulfone groups is 1. The van der Waals surface area contributed by atoms with E-state index in [1.807, 2.05) is 14.1 Å². The van der Waals surface area contributed by atoms with Gasteiger partial charge in [0.15, 0.2) is 15.7 Å². The third-order valence-electron chi connectivity index (χ3n) is 2.46. The lowest BCUT2D eigenvalue weighted by Gasteiger charge is -2.05. The number of rotatable bonds is 5. The predicted molar refractivity (Wildman–Crippen MR) is 82.0 cm³/mol. The van der Waals surface area contributed by atoms with Gasteiger partial charge in [-0.05, 0) is 17.7 Å². The van der Waals surface area contributed by atoms with Gasteiger partial charge in [-0.15, -0.1) is 0 Å². The first-order chi connectivity index (χ1) is 9.35. The number of aromatic nitrogens is 2. The minimum atomic E-state index is -3.31. The molecule has 0 saturated carbocycles. The molecule has 0 spiro atoms. The SMILES string of the molecule is CN(C)c1nc(CS(=O)(=O)Cc2cccc(Cl)c2)ns1. The van der Waals surface area contributed by atoms with Crippen LogP contribution in [0, 0.1) is 0 Å². The minimum absolute atomic E-state index is 0.0654. The zero-order valence-electron chi connectivity index (χ0n) is 11.1. The molecule has 0 saturated heterocycles. The van der Waals surface area contributed by atoms with E-state index in [9.17, 15) is 8.42 Å². The van der Waals surface area contributed by atoms with Crippen LogP contribution in [0.25, 0.3) is 0 Å². The van der Waals surface area contributed by atoms with E-state index in [0.717, 1.165) is 0 Å². The molecule has 0 N–H and O–H groups in total. The van der Waals surface area contributed by atoms with Crippen molar-refractivity contribution in [3.05, 3.63) is 40.7 Å². The van der Waals surface area contributed by atoms with Crippen molar-refractivity contribution < 1.29 is 8.42 Å². The zero-order valence-corrected chi connectivity index (χ0v) is 13.5. The molecule has 0 amide bonds. The van der Waals surface area contributed by atoms with E-state index < -0.39 is 9.84 Å². The lowest BCUT2D eigenvalue weighted by Crippen LogP contribution is -2.10. The van der Waals surface area contributed by atoms with Crippen LogP contribution in [0.4, 0.5) is 5.13 Å². The van der Waals surface area contributed by atoms with E-state index in [0.29, 0.717) is 21.5 Å². The van der Waals surface area contributed by atoms with Gasteiger partial charge in [-0.1, -0.05) is 23.7 Å². The molecular weight excluding hydrogens is 318 g/mol. The fourth-order valence-electron chi connectivity index (χ4n) is 1.61. The highest BCUT2D eigenvalue weighted by atomic mass is 35.5.